The summed E-state index contributed by atoms with van der Waals surface area (Å²) >= 11 is 1.51. The lowest BCUT2D eigenvalue weighted by molar-refractivity contribution is -0.274. The quantitative estimate of drug-likeness (QED) is 0.245. The lowest BCUT2D eigenvalue weighted by Crippen LogP contribution is -2.43. The van der Waals surface area contributed by atoms with Gasteiger partial charge in [0.15, 0.2) is 11.0 Å². The Bertz CT molecular complexity index is 1690. The van der Waals surface area contributed by atoms with Gasteiger partial charge < -0.3 is 15.0 Å². The lowest BCUT2D eigenvalue weighted by Gasteiger charge is -2.37. The van der Waals surface area contributed by atoms with E-state index in [1.54, 1.807) is 24.3 Å². The van der Waals surface area contributed by atoms with Crippen molar-refractivity contribution in [1.82, 2.24) is 20.1 Å². The van der Waals surface area contributed by atoms with Crippen LogP contribution in [-0.2, 0) is 0 Å². The normalized spacial score (nSPS) is 16.8. The summed E-state index contributed by atoms with van der Waals surface area (Å²) in [5.41, 5.74) is 4.91. The van der Waals surface area contributed by atoms with Crippen LogP contribution in [0, 0.1) is 25.2 Å². The molecule has 5 rings (SSSR count). The highest BCUT2D eigenvalue weighted by Gasteiger charge is 2.31. The van der Waals surface area contributed by atoms with Gasteiger partial charge in [-0.05, 0) is 68.1 Å². The summed E-state index contributed by atoms with van der Waals surface area (Å²) in [6, 6.07) is 18.9. The number of thioether (sulfide) groups is 1. The van der Waals surface area contributed by atoms with Gasteiger partial charge in [-0.1, -0.05) is 54.2 Å². The van der Waals surface area contributed by atoms with Crippen molar-refractivity contribution in [2.24, 2.45) is 4.99 Å². The van der Waals surface area contributed by atoms with E-state index < -0.39 is 18.4 Å². The monoisotopic (exact) mass is 619 g/mol. The number of amidine groups is 1. The topological polar surface area (TPSA) is 108 Å². The summed E-state index contributed by atoms with van der Waals surface area (Å²) in [5, 5.41) is 17.5. The number of aromatic nitrogens is 3. The van der Waals surface area contributed by atoms with E-state index in [2.05, 4.69) is 43.0 Å². The Morgan fingerprint density at radius 1 is 1.11 bits per heavy atom. The highest BCUT2D eigenvalue weighted by Crippen LogP contribution is 2.34. The Labute approximate surface area is 256 Å². The highest BCUT2D eigenvalue weighted by atomic mass is 32.2. The molecule has 0 bridgehead atoms. The number of carbonyl (C=O) groups excluding carboxylic acids is 1. The lowest BCUT2D eigenvalue weighted by atomic mass is 10.1. The SMILES string of the molecule is Cc1cccc(C)c1N1C(=NC(=O)NC(C#N)c2ccc(-c3ncn(-c4ccc(OC(F)(F)F)cc4)n3)cc2)SCCC1C. The number of hydrogen-bond acceptors (Lipinski definition) is 6. The van der Waals surface area contributed by atoms with Crippen molar-refractivity contribution in [2.75, 3.05) is 10.7 Å². The Morgan fingerprint density at radius 3 is 2.43 bits per heavy atom. The van der Waals surface area contributed by atoms with Crippen LogP contribution in [0.5, 0.6) is 5.75 Å². The molecular formula is C31H28F3N7O2S. The second kappa shape index (κ2) is 12.8. The molecule has 2 unspecified atom stereocenters. The molecule has 0 aliphatic carbocycles. The first-order valence-corrected chi connectivity index (χ1v) is 14.7. The molecule has 1 fully saturated rings. The molecule has 226 valence electrons. The zero-order chi connectivity index (χ0) is 31.4. The minimum atomic E-state index is -4.77. The third-order valence-corrected chi connectivity index (χ3v) is 8.00. The van der Waals surface area contributed by atoms with Gasteiger partial charge in [-0.25, -0.2) is 14.5 Å². The first-order chi connectivity index (χ1) is 21.0. The predicted molar refractivity (Wildman–Crippen MR) is 163 cm³/mol. The average Bonchev–Trinajstić information content (AvgIpc) is 3.47. The van der Waals surface area contributed by atoms with E-state index in [1.807, 2.05) is 32.0 Å². The van der Waals surface area contributed by atoms with E-state index in [9.17, 15) is 23.2 Å². The summed E-state index contributed by atoms with van der Waals surface area (Å²) in [4.78, 5) is 23.8. The molecule has 1 aliphatic heterocycles. The summed E-state index contributed by atoms with van der Waals surface area (Å²) in [5.74, 6) is 0.860. The first-order valence-electron chi connectivity index (χ1n) is 13.7. The molecule has 4 aromatic rings. The van der Waals surface area contributed by atoms with E-state index >= 15 is 0 Å². The molecule has 2 atom stereocenters. The van der Waals surface area contributed by atoms with Crippen molar-refractivity contribution < 1.29 is 22.7 Å². The van der Waals surface area contributed by atoms with E-state index in [1.165, 1.54) is 47.0 Å². The predicted octanol–water partition coefficient (Wildman–Crippen LogP) is 7.11. The number of amides is 2. The molecule has 0 saturated carbocycles. The number of nitrogens with one attached hydrogen (secondary N) is 1. The van der Waals surface area contributed by atoms with Gasteiger partial charge in [-0.2, -0.15) is 10.3 Å². The van der Waals surface area contributed by atoms with Gasteiger partial charge in [0, 0.05) is 23.0 Å². The molecule has 44 heavy (non-hydrogen) atoms. The van der Waals surface area contributed by atoms with Gasteiger partial charge in [-0.15, -0.1) is 18.3 Å². The number of hydrogen-bond donors (Lipinski definition) is 1. The molecule has 1 aliphatic rings. The van der Waals surface area contributed by atoms with Gasteiger partial charge >= 0.3 is 12.4 Å². The summed E-state index contributed by atoms with van der Waals surface area (Å²) in [6.07, 6.45) is -2.39. The standard InChI is InChI=1S/C31H28F3N7O2S/c1-19-5-4-6-20(2)27(19)41-21(3)15-16-44-30(41)38-29(42)37-26(17-35)22-7-9-23(10-8-22)28-36-18-40(39-28)24-11-13-25(14-12-24)43-31(32,33)34/h4-14,18,21,26H,15-16H2,1-3H3,(H,37,42). The third-order valence-electron chi connectivity index (χ3n) is 7.02. The fourth-order valence-corrected chi connectivity index (χ4v) is 6.07. The maximum atomic E-state index is 13.0. The van der Waals surface area contributed by atoms with Crippen LogP contribution in [0.2, 0.25) is 0 Å². The molecule has 2 amide bonds. The number of aliphatic imine (C=N–C) groups is 1. The van der Waals surface area contributed by atoms with Gasteiger partial charge in [0.25, 0.3) is 0 Å². The van der Waals surface area contributed by atoms with E-state index in [0.29, 0.717) is 27.8 Å². The number of para-hydroxylation sites is 1. The van der Waals surface area contributed by atoms with Crippen molar-refractivity contribution in [3.8, 4) is 28.9 Å². The van der Waals surface area contributed by atoms with Crippen LogP contribution >= 0.6 is 11.8 Å². The molecule has 1 aromatic heterocycles. The number of nitriles is 1. The van der Waals surface area contributed by atoms with Gasteiger partial charge in [0.2, 0.25) is 0 Å². The molecule has 0 spiro atoms. The maximum absolute atomic E-state index is 13.0. The Morgan fingerprint density at radius 2 is 1.80 bits per heavy atom. The van der Waals surface area contributed by atoms with E-state index in [-0.39, 0.29) is 11.8 Å². The molecule has 1 N–H and O–H groups in total. The van der Waals surface area contributed by atoms with Crippen LogP contribution in [0.4, 0.5) is 23.7 Å². The van der Waals surface area contributed by atoms with Gasteiger partial charge in [-0.3, -0.25) is 0 Å². The summed E-state index contributed by atoms with van der Waals surface area (Å²) < 4.78 is 42.6. The maximum Gasteiger partial charge on any atom is 0.573 e. The number of alkyl halides is 3. The van der Waals surface area contributed by atoms with Crippen LogP contribution in [-0.4, -0.2) is 44.1 Å². The van der Waals surface area contributed by atoms with Crippen LogP contribution < -0.4 is 15.0 Å². The minimum Gasteiger partial charge on any atom is -0.406 e. The number of carbonyl (C=O) groups is 1. The highest BCUT2D eigenvalue weighted by molar-refractivity contribution is 8.14. The molecule has 13 heteroatoms. The second-order valence-electron chi connectivity index (χ2n) is 10.2. The van der Waals surface area contributed by atoms with Crippen LogP contribution in [0.25, 0.3) is 17.1 Å². The Hall–Kier alpha value is -4.83. The number of nitrogens with zero attached hydrogens (tertiary/aromatic N) is 6. The largest absolute Gasteiger partial charge is 0.573 e. The minimum absolute atomic E-state index is 0.154. The van der Waals surface area contributed by atoms with Crippen molar-refractivity contribution in [3.05, 3.63) is 89.7 Å². The molecule has 3 aromatic carbocycles. The number of aryl methyl sites for hydroxylation is 2. The van der Waals surface area contributed by atoms with Crippen LogP contribution in [0.15, 0.2) is 78.0 Å². The Kier molecular flexibility index (Phi) is 8.91. The van der Waals surface area contributed by atoms with Gasteiger partial charge in [0.1, 0.15) is 18.1 Å². The molecule has 2 heterocycles. The van der Waals surface area contributed by atoms with E-state index in [4.69, 9.17) is 0 Å². The second-order valence-corrected chi connectivity index (χ2v) is 11.2. The number of urea groups is 1. The summed E-state index contributed by atoms with van der Waals surface area (Å²) in [7, 11) is 0. The number of rotatable bonds is 6. The van der Waals surface area contributed by atoms with E-state index in [0.717, 1.165) is 29.0 Å². The summed E-state index contributed by atoms with van der Waals surface area (Å²) in [6.45, 7) is 6.19. The van der Waals surface area contributed by atoms with Crippen molar-refractivity contribution in [3.63, 3.8) is 0 Å². The number of benzene rings is 3. The van der Waals surface area contributed by atoms with Crippen LogP contribution in [0.1, 0.15) is 36.1 Å². The fourth-order valence-electron chi connectivity index (χ4n) is 4.87. The molecule has 1 saturated heterocycles. The van der Waals surface area contributed by atoms with Gasteiger partial charge in [0.05, 0.1) is 11.8 Å². The molecule has 9 nitrogen and oxygen atoms in total. The number of halogens is 3. The van der Waals surface area contributed by atoms with Crippen LogP contribution in [0.3, 0.4) is 0 Å². The molecular weight excluding hydrogens is 591 g/mol. The van der Waals surface area contributed by atoms with Crippen molar-refractivity contribution in [1.29, 1.82) is 5.26 Å². The number of anilines is 1. The van der Waals surface area contributed by atoms with Crippen molar-refractivity contribution >= 4 is 28.6 Å². The molecule has 0 radical (unpaired) electrons. The third kappa shape index (κ3) is 7.03. The Balaban J connectivity index is 1.28. The fraction of sp³-hybridized carbons (Fsp3) is 0.258. The number of ether oxygens (including phenoxy) is 1. The zero-order valence-corrected chi connectivity index (χ0v) is 24.9. The van der Waals surface area contributed by atoms with Crippen molar-refractivity contribution in [2.45, 2.75) is 45.6 Å². The zero-order valence-electron chi connectivity index (χ0n) is 24.0. The average molecular weight is 620 g/mol. The smallest absolute Gasteiger partial charge is 0.406 e. The first kappa shape index (κ1) is 30.6.